The number of carbonyl (C=O) groups is 2. The third kappa shape index (κ3) is 59.4. The van der Waals surface area contributed by atoms with Gasteiger partial charge in [-0.15, -0.1) is 0 Å². The van der Waals surface area contributed by atoms with Gasteiger partial charge in [0.15, 0.2) is 0 Å². The van der Waals surface area contributed by atoms with Crippen molar-refractivity contribution in [3.63, 3.8) is 0 Å². The summed E-state index contributed by atoms with van der Waals surface area (Å²) in [7, 11) is 0. The van der Waals surface area contributed by atoms with Crippen LogP contribution >= 0.6 is 0 Å². The molecule has 0 spiro atoms. The minimum absolute atomic E-state index is 0.00681. The monoisotopic (exact) mass is 1030 g/mol. The maximum absolute atomic E-state index is 12.5. The molecule has 0 rings (SSSR count). The van der Waals surface area contributed by atoms with Gasteiger partial charge in [-0.05, 0) is 57.8 Å². The van der Waals surface area contributed by atoms with E-state index in [9.17, 15) is 19.8 Å². The molecule has 0 saturated carbocycles. The Balaban J connectivity index is 3.45. The SMILES string of the molecule is CCCCCCCCC/C=C\CCCCCCCC(=O)OCCCCCCCCCCCCCCCCCC(=O)NC(CO)C(O)/C=C/CCCCCCCCCCCCCCCCCCCCCCCCC. The van der Waals surface area contributed by atoms with Crippen molar-refractivity contribution in [3.8, 4) is 0 Å². The number of rotatable bonds is 62. The lowest BCUT2D eigenvalue weighted by atomic mass is 10.0. The Morgan fingerprint density at radius 3 is 0.973 bits per heavy atom. The van der Waals surface area contributed by atoms with Gasteiger partial charge in [0, 0.05) is 12.8 Å². The van der Waals surface area contributed by atoms with Crippen molar-refractivity contribution in [1.29, 1.82) is 0 Å². The van der Waals surface area contributed by atoms with Crippen molar-refractivity contribution in [2.45, 2.75) is 379 Å². The van der Waals surface area contributed by atoms with Gasteiger partial charge in [-0.2, -0.15) is 0 Å². The lowest BCUT2D eigenvalue weighted by Crippen LogP contribution is -2.45. The molecule has 73 heavy (non-hydrogen) atoms. The van der Waals surface area contributed by atoms with E-state index < -0.39 is 12.1 Å². The van der Waals surface area contributed by atoms with Crippen LogP contribution in [0.15, 0.2) is 24.3 Å². The molecule has 0 fully saturated rings. The molecule has 2 unspecified atom stereocenters. The van der Waals surface area contributed by atoms with Crippen LogP contribution in [0, 0.1) is 0 Å². The van der Waals surface area contributed by atoms with Crippen molar-refractivity contribution >= 4 is 11.9 Å². The van der Waals surface area contributed by atoms with E-state index in [1.54, 1.807) is 6.08 Å². The largest absolute Gasteiger partial charge is 0.466 e. The molecular formula is C67H129NO5. The minimum atomic E-state index is -0.852. The predicted octanol–water partition coefficient (Wildman–Crippen LogP) is 21.0. The lowest BCUT2D eigenvalue weighted by Gasteiger charge is -2.20. The van der Waals surface area contributed by atoms with Crippen LogP contribution in [0.2, 0.25) is 0 Å². The van der Waals surface area contributed by atoms with Crippen LogP contribution in [0.5, 0.6) is 0 Å². The smallest absolute Gasteiger partial charge is 0.305 e. The van der Waals surface area contributed by atoms with Crippen LogP contribution in [0.3, 0.4) is 0 Å². The zero-order valence-corrected chi connectivity index (χ0v) is 49.4. The molecule has 0 aromatic rings. The molecular weight excluding hydrogens is 899 g/mol. The number of ether oxygens (including phenoxy) is 1. The molecule has 2 atom stereocenters. The fraction of sp³-hybridized carbons (Fsp3) is 0.910. The second-order valence-corrected chi connectivity index (χ2v) is 22.8. The number of esters is 1. The Morgan fingerprint density at radius 2 is 0.644 bits per heavy atom. The summed E-state index contributed by atoms with van der Waals surface area (Å²) in [4.78, 5) is 24.6. The molecule has 3 N–H and O–H groups in total. The van der Waals surface area contributed by atoms with Gasteiger partial charge in [0.05, 0.1) is 25.4 Å². The lowest BCUT2D eigenvalue weighted by molar-refractivity contribution is -0.143. The second kappa shape index (κ2) is 62.9. The van der Waals surface area contributed by atoms with Gasteiger partial charge in [0.2, 0.25) is 5.91 Å². The van der Waals surface area contributed by atoms with Crippen molar-refractivity contribution in [1.82, 2.24) is 5.32 Å². The van der Waals surface area contributed by atoms with Gasteiger partial charge in [0.1, 0.15) is 0 Å². The number of aliphatic hydroxyl groups is 2. The Kier molecular flexibility index (Phi) is 61.4. The van der Waals surface area contributed by atoms with Gasteiger partial charge in [-0.25, -0.2) is 0 Å². The summed E-state index contributed by atoms with van der Waals surface area (Å²) < 4.78 is 5.48. The van der Waals surface area contributed by atoms with Crippen LogP contribution in [0.1, 0.15) is 367 Å². The summed E-state index contributed by atoms with van der Waals surface area (Å²) in [6, 6.07) is -0.636. The highest BCUT2D eigenvalue weighted by atomic mass is 16.5. The van der Waals surface area contributed by atoms with Crippen molar-refractivity contribution in [2.24, 2.45) is 0 Å². The first-order valence-electron chi connectivity index (χ1n) is 33.1. The number of nitrogens with one attached hydrogen (secondary N) is 1. The van der Waals surface area contributed by atoms with Crippen LogP contribution in [-0.4, -0.2) is 47.4 Å². The molecule has 432 valence electrons. The highest BCUT2D eigenvalue weighted by Crippen LogP contribution is 2.18. The zero-order valence-electron chi connectivity index (χ0n) is 49.4. The van der Waals surface area contributed by atoms with E-state index in [0.717, 1.165) is 51.4 Å². The number of hydrogen-bond acceptors (Lipinski definition) is 5. The average molecular weight is 1030 g/mol. The summed E-state index contributed by atoms with van der Waals surface area (Å²) >= 11 is 0. The molecule has 0 aliphatic rings. The third-order valence-electron chi connectivity index (χ3n) is 15.5. The highest BCUT2D eigenvalue weighted by molar-refractivity contribution is 5.76. The fourth-order valence-corrected chi connectivity index (χ4v) is 10.4. The van der Waals surface area contributed by atoms with E-state index in [4.69, 9.17) is 4.74 Å². The van der Waals surface area contributed by atoms with Crippen molar-refractivity contribution in [3.05, 3.63) is 24.3 Å². The number of allylic oxidation sites excluding steroid dienone is 3. The van der Waals surface area contributed by atoms with Crippen molar-refractivity contribution in [2.75, 3.05) is 13.2 Å². The maximum Gasteiger partial charge on any atom is 0.305 e. The first-order chi connectivity index (χ1) is 36.0. The number of amides is 1. The summed E-state index contributed by atoms with van der Waals surface area (Å²) in [6.07, 6.45) is 78.0. The van der Waals surface area contributed by atoms with Gasteiger partial charge in [-0.3, -0.25) is 9.59 Å². The summed E-state index contributed by atoms with van der Waals surface area (Å²) in [5.41, 5.74) is 0. The van der Waals surface area contributed by atoms with Crippen molar-refractivity contribution < 1.29 is 24.5 Å². The quantitative estimate of drug-likeness (QED) is 0.0320. The molecule has 0 heterocycles. The number of hydrogen-bond donors (Lipinski definition) is 3. The molecule has 0 bridgehead atoms. The van der Waals surface area contributed by atoms with E-state index in [1.807, 2.05) is 6.08 Å². The van der Waals surface area contributed by atoms with E-state index in [-0.39, 0.29) is 18.5 Å². The summed E-state index contributed by atoms with van der Waals surface area (Å²) in [5, 5.41) is 23.2. The van der Waals surface area contributed by atoms with Gasteiger partial charge in [0.25, 0.3) is 0 Å². The Bertz CT molecular complexity index is 1140. The third-order valence-corrected chi connectivity index (χ3v) is 15.5. The molecule has 0 saturated heterocycles. The van der Waals surface area contributed by atoms with Crippen LogP contribution in [0.25, 0.3) is 0 Å². The Morgan fingerprint density at radius 1 is 0.370 bits per heavy atom. The van der Waals surface area contributed by atoms with Crippen LogP contribution in [-0.2, 0) is 14.3 Å². The highest BCUT2D eigenvalue weighted by Gasteiger charge is 2.18. The number of carbonyl (C=O) groups excluding carboxylic acids is 2. The topological polar surface area (TPSA) is 95.9 Å². The molecule has 0 aliphatic carbocycles. The Hall–Kier alpha value is -1.66. The van der Waals surface area contributed by atoms with E-state index >= 15 is 0 Å². The summed E-state index contributed by atoms with van der Waals surface area (Å²) in [5.74, 6) is -0.0795. The zero-order chi connectivity index (χ0) is 52.9. The molecule has 1 amide bonds. The number of aliphatic hydroxyl groups excluding tert-OH is 2. The summed E-state index contributed by atoms with van der Waals surface area (Å²) in [6.45, 7) is 4.91. The second-order valence-electron chi connectivity index (χ2n) is 22.8. The average Bonchev–Trinajstić information content (AvgIpc) is 3.39. The first-order valence-corrected chi connectivity index (χ1v) is 33.1. The normalized spacial score (nSPS) is 12.7. The van der Waals surface area contributed by atoms with Gasteiger partial charge >= 0.3 is 5.97 Å². The standard InChI is InChI=1S/C67H129NO5/c1-3-5-7-9-11-13-15-17-19-21-22-23-24-25-26-27-28-29-31-35-39-43-47-51-55-59-65(70)64(63-69)68-66(71)60-56-52-48-44-40-36-32-30-34-38-42-46-50-54-58-62-73-67(72)61-57-53-49-45-41-37-33-20-18-16-14-12-10-8-6-4-2/h20,33,55,59,64-65,69-70H,3-19,21-32,34-54,56-58,60-63H2,1-2H3,(H,68,71)/b33-20-,59-55+. The molecule has 6 heteroatoms. The Labute approximate surface area is 456 Å². The molecule has 0 radical (unpaired) electrons. The van der Waals surface area contributed by atoms with Crippen LogP contribution < -0.4 is 5.32 Å². The van der Waals surface area contributed by atoms with Crippen LogP contribution in [0.4, 0.5) is 0 Å². The predicted molar refractivity (Wildman–Crippen MR) is 320 cm³/mol. The molecule has 0 aliphatic heterocycles. The maximum atomic E-state index is 12.5. The van der Waals surface area contributed by atoms with Gasteiger partial charge < -0.3 is 20.3 Å². The molecule has 6 nitrogen and oxygen atoms in total. The molecule has 0 aromatic carbocycles. The number of unbranched alkanes of at least 4 members (excludes halogenated alkanes) is 49. The first kappa shape index (κ1) is 71.3. The minimum Gasteiger partial charge on any atom is -0.466 e. The van der Waals surface area contributed by atoms with E-state index in [1.165, 1.54) is 289 Å². The molecule has 0 aromatic heterocycles. The fourth-order valence-electron chi connectivity index (χ4n) is 10.4. The van der Waals surface area contributed by atoms with E-state index in [2.05, 4.69) is 31.3 Å². The van der Waals surface area contributed by atoms with Gasteiger partial charge in [-0.1, -0.05) is 321 Å². The van der Waals surface area contributed by atoms with E-state index in [0.29, 0.717) is 19.4 Å².